The molecule has 0 bridgehead atoms. The zero-order valence-corrected chi connectivity index (χ0v) is 12.9. The van der Waals surface area contributed by atoms with Gasteiger partial charge in [0.15, 0.2) is 0 Å². The Labute approximate surface area is 119 Å². The molecule has 0 aliphatic heterocycles. The lowest BCUT2D eigenvalue weighted by Crippen LogP contribution is -2.38. The van der Waals surface area contributed by atoms with Crippen LogP contribution >= 0.6 is 22.6 Å². The highest BCUT2D eigenvalue weighted by Crippen LogP contribution is 2.36. The first-order chi connectivity index (χ1) is 8.15. The molecule has 0 heterocycles. The Morgan fingerprint density at radius 3 is 2.35 bits per heavy atom. The number of rotatable bonds is 5. The molecule has 17 heavy (non-hydrogen) atoms. The van der Waals surface area contributed by atoms with Gasteiger partial charge in [-0.1, -0.05) is 26.0 Å². The number of nitrogens with one attached hydrogen (secondary N) is 1. The van der Waals surface area contributed by atoms with Crippen LogP contribution in [0.3, 0.4) is 0 Å². The molecule has 0 amide bonds. The van der Waals surface area contributed by atoms with Crippen molar-refractivity contribution >= 4 is 22.6 Å². The maximum absolute atomic E-state index is 3.57. The Hall–Kier alpha value is -0.0900. The summed E-state index contributed by atoms with van der Waals surface area (Å²) in [4.78, 5) is 0. The molecule has 1 aliphatic carbocycles. The van der Waals surface area contributed by atoms with Crippen LogP contribution in [0.25, 0.3) is 0 Å². The molecule has 1 aromatic rings. The number of halogens is 1. The topological polar surface area (TPSA) is 12.0 Å². The van der Waals surface area contributed by atoms with Crippen molar-refractivity contribution in [2.45, 2.75) is 39.2 Å². The Balaban J connectivity index is 1.81. The third-order valence-electron chi connectivity index (χ3n) is 3.77. The normalized spacial score (nSPS) is 23.8. The van der Waals surface area contributed by atoms with Crippen molar-refractivity contribution in [3.05, 3.63) is 33.4 Å². The van der Waals surface area contributed by atoms with Gasteiger partial charge in [-0.15, -0.1) is 0 Å². The van der Waals surface area contributed by atoms with Crippen LogP contribution in [-0.4, -0.2) is 12.6 Å². The van der Waals surface area contributed by atoms with E-state index in [1.54, 1.807) is 0 Å². The first-order valence-corrected chi connectivity index (χ1v) is 7.71. The van der Waals surface area contributed by atoms with Gasteiger partial charge in [0.05, 0.1) is 0 Å². The smallest absolute Gasteiger partial charge is 0.0130 e. The van der Waals surface area contributed by atoms with Gasteiger partial charge in [0, 0.05) is 9.61 Å². The Kier molecular flexibility index (Phi) is 4.86. The average Bonchev–Trinajstić information content (AvgIpc) is 2.26. The first kappa shape index (κ1) is 13.3. The van der Waals surface area contributed by atoms with Crippen molar-refractivity contribution in [2.75, 3.05) is 6.54 Å². The van der Waals surface area contributed by atoms with E-state index in [2.05, 4.69) is 66.0 Å². The maximum atomic E-state index is 3.57. The second-order valence-electron chi connectivity index (χ2n) is 5.49. The minimum atomic E-state index is 0.620. The summed E-state index contributed by atoms with van der Waals surface area (Å²) in [5, 5.41) is 3.57. The highest BCUT2D eigenvalue weighted by molar-refractivity contribution is 14.1. The molecule has 2 atom stereocenters. The molecule has 1 fully saturated rings. The third kappa shape index (κ3) is 3.95. The van der Waals surface area contributed by atoms with E-state index in [0.29, 0.717) is 6.04 Å². The van der Waals surface area contributed by atoms with Crippen molar-refractivity contribution in [1.29, 1.82) is 0 Å². The van der Waals surface area contributed by atoms with Crippen LogP contribution in [0.15, 0.2) is 24.3 Å². The van der Waals surface area contributed by atoms with Gasteiger partial charge in [-0.2, -0.15) is 0 Å². The van der Waals surface area contributed by atoms with Crippen molar-refractivity contribution in [3.63, 3.8) is 0 Å². The highest BCUT2D eigenvalue weighted by Gasteiger charge is 2.30. The summed E-state index contributed by atoms with van der Waals surface area (Å²) in [6.45, 7) is 5.66. The SMILES string of the molecule is CC(C)NCC1CCC1Cc1ccc(I)cc1. The van der Waals surface area contributed by atoms with E-state index in [4.69, 9.17) is 0 Å². The minimum Gasteiger partial charge on any atom is -0.314 e. The predicted octanol–water partition coefficient (Wildman–Crippen LogP) is 3.86. The summed E-state index contributed by atoms with van der Waals surface area (Å²) in [5.74, 6) is 1.80. The highest BCUT2D eigenvalue weighted by atomic mass is 127. The monoisotopic (exact) mass is 343 g/mol. The molecule has 0 radical (unpaired) electrons. The summed E-state index contributed by atoms with van der Waals surface area (Å²) >= 11 is 2.37. The Morgan fingerprint density at radius 1 is 1.18 bits per heavy atom. The van der Waals surface area contributed by atoms with Crippen LogP contribution in [0.1, 0.15) is 32.3 Å². The molecule has 0 spiro atoms. The van der Waals surface area contributed by atoms with E-state index in [1.165, 1.54) is 34.9 Å². The van der Waals surface area contributed by atoms with Crippen LogP contribution < -0.4 is 5.32 Å². The fourth-order valence-corrected chi connectivity index (χ4v) is 2.85. The molecule has 1 nitrogen and oxygen atoms in total. The van der Waals surface area contributed by atoms with Gasteiger partial charge in [0.2, 0.25) is 0 Å². The number of hydrogen-bond donors (Lipinski definition) is 1. The Bertz CT molecular complexity index is 344. The minimum absolute atomic E-state index is 0.620. The summed E-state index contributed by atoms with van der Waals surface area (Å²) in [5.41, 5.74) is 1.50. The van der Waals surface area contributed by atoms with Crippen LogP contribution in [0, 0.1) is 15.4 Å². The van der Waals surface area contributed by atoms with E-state index in [0.717, 1.165) is 11.8 Å². The van der Waals surface area contributed by atoms with Gasteiger partial charge in [-0.05, 0) is 77.9 Å². The molecule has 0 aromatic heterocycles. The molecule has 1 aromatic carbocycles. The molecule has 1 saturated carbocycles. The van der Waals surface area contributed by atoms with Crippen molar-refractivity contribution in [3.8, 4) is 0 Å². The summed E-state index contributed by atoms with van der Waals surface area (Å²) in [7, 11) is 0. The van der Waals surface area contributed by atoms with E-state index in [9.17, 15) is 0 Å². The van der Waals surface area contributed by atoms with Gasteiger partial charge >= 0.3 is 0 Å². The zero-order chi connectivity index (χ0) is 12.3. The van der Waals surface area contributed by atoms with Gasteiger partial charge < -0.3 is 5.32 Å². The second kappa shape index (κ2) is 6.19. The fourth-order valence-electron chi connectivity index (χ4n) is 2.49. The molecule has 1 N–H and O–H groups in total. The molecule has 2 unspecified atom stereocenters. The summed E-state index contributed by atoms with van der Waals surface area (Å²) < 4.78 is 1.33. The predicted molar refractivity (Wildman–Crippen MR) is 82.2 cm³/mol. The third-order valence-corrected chi connectivity index (χ3v) is 4.49. The average molecular weight is 343 g/mol. The fraction of sp³-hybridized carbons (Fsp3) is 0.600. The molecular formula is C15H22IN. The van der Waals surface area contributed by atoms with Gasteiger partial charge in [-0.25, -0.2) is 0 Å². The van der Waals surface area contributed by atoms with Gasteiger partial charge in [-0.3, -0.25) is 0 Å². The van der Waals surface area contributed by atoms with Crippen molar-refractivity contribution in [2.24, 2.45) is 11.8 Å². The second-order valence-corrected chi connectivity index (χ2v) is 6.74. The lowest BCUT2D eigenvalue weighted by atomic mass is 9.70. The molecule has 0 saturated heterocycles. The summed E-state index contributed by atoms with van der Waals surface area (Å²) in [6, 6.07) is 9.63. The first-order valence-electron chi connectivity index (χ1n) is 6.63. The van der Waals surface area contributed by atoms with Gasteiger partial charge in [0.1, 0.15) is 0 Å². The van der Waals surface area contributed by atoms with Crippen LogP contribution in [-0.2, 0) is 6.42 Å². The molecule has 1 aliphatic rings. The summed E-state index contributed by atoms with van der Waals surface area (Å²) in [6.07, 6.45) is 4.09. The Morgan fingerprint density at radius 2 is 1.82 bits per heavy atom. The van der Waals surface area contributed by atoms with Crippen LogP contribution in [0.5, 0.6) is 0 Å². The van der Waals surface area contributed by atoms with E-state index < -0.39 is 0 Å². The number of hydrogen-bond acceptors (Lipinski definition) is 1. The lowest BCUT2D eigenvalue weighted by molar-refractivity contribution is 0.168. The van der Waals surface area contributed by atoms with E-state index in [1.807, 2.05) is 0 Å². The molecule has 94 valence electrons. The van der Waals surface area contributed by atoms with Crippen LogP contribution in [0.2, 0.25) is 0 Å². The quantitative estimate of drug-likeness (QED) is 0.801. The van der Waals surface area contributed by atoms with E-state index in [-0.39, 0.29) is 0 Å². The van der Waals surface area contributed by atoms with Crippen molar-refractivity contribution in [1.82, 2.24) is 5.32 Å². The van der Waals surface area contributed by atoms with Crippen molar-refractivity contribution < 1.29 is 0 Å². The molecule has 2 rings (SSSR count). The van der Waals surface area contributed by atoms with E-state index >= 15 is 0 Å². The number of benzene rings is 1. The molecule has 2 heteroatoms. The van der Waals surface area contributed by atoms with Crippen LogP contribution in [0.4, 0.5) is 0 Å². The lowest BCUT2D eigenvalue weighted by Gasteiger charge is -2.37. The largest absolute Gasteiger partial charge is 0.314 e. The standard InChI is InChI=1S/C15H22IN/c1-11(2)17-10-14-6-5-13(14)9-12-3-7-15(16)8-4-12/h3-4,7-8,11,13-14,17H,5-6,9-10H2,1-2H3. The molecular weight excluding hydrogens is 321 g/mol. The van der Waals surface area contributed by atoms with Gasteiger partial charge in [0.25, 0.3) is 0 Å². The maximum Gasteiger partial charge on any atom is 0.0130 e. The zero-order valence-electron chi connectivity index (χ0n) is 10.7.